The highest BCUT2D eigenvalue weighted by molar-refractivity contribution is 6.10. The lowest BCUT2D eigenvalue weighted by atomic mass is 10.0. The number of para-hydroxylation sites is 2. The Kier molecular flexibility index (Phi) is 5.61. The molecule has 0 bridgehead atoms. The smallest absolute Gasteiger partial charge is 0.355 e. The Bertz CT molecular complexity index is 1050. The summed E-state index contributed by atoms with van der Waals surface area (Å²) in [5, 5.41) is 0. The molecule has 1 atom stereocenters. The minimum absolute atomic E-state index is 0.217. The molecular weight excluding hydrogens is 376 g/mol. The molecule has 1 heterocycles. The summed E-state index contributed by atoms with van der Waals surface area (Å²) in [6, 6.07) is 28.7. The third-order valence-corrected chi connectivity index (χ3v) is 4.90. The Hall–Kier alpha value is -3.86. The van der Waals surface area contributed by atoms with E-state index in [4.69, 9.17) is 4.74 Å². The van der Waals surface area contributed by atoms with E-state index in [2.05, 4.69) is 0 Å². The van der Waals surface area contributed by atoms with Crippen molar-refractivity contribution >= 4 is 23.3 Å². The Morgan fingerprint density at radius 3 is 1.83 bits per heavy atom. The monoisotopic (exact) mass is 398 g/mol. The molecule has 0 saturated carbocycles. The first-order valence-electron chi connectivity index (χ1n) is 9.87. The van der Waals surface area contributed by atoms with Gasteiger partial charge in [0.1, 0.15) is 11.9 Å². The van der Waals surface area contributed by atoms with Gasteiger partial charge in [0.05, 0.1) is 6.61 Å². The average molecular weight is 398 g/mol. The van der Waals surface area contributed by atoms with Gasteiger partial charge < -0.3 is 9.64 Å². The molecule has 0 N–H and O–H groups in total. The molecule has 5 nitrogen and oxygen atoms in total. The molecule has 3 aromatic rings. The lowest BCUT2D eigenvalue weighted by molar-refractivity contribution is -0.139. The van der Waals surface area contributed by atoms with Crippen LogP contribution >= 0.6 is 0 Å². The Labute approximate surface area is 175 Å². The van der Waals surface area contributed by atoms with E-state index in [-0.39, 0.29) is 18.2 Å². The maximum absolute atomic E-state index is 13.3. The molecule has 1 aliphatic heterocycles. The predicted octanol–water partition coefficient (Wildman–Crippen LogP) is 4.69. The van der Waals surface area contributed by atoms with Crippen molar-refractivity contribution < 1.29 is 14.3 Å². The number of nitrogens with zero attached hydrogens (tertiary/aromatic N) is 2. The Balaban J connectivity index is 1.95. The van der Waals surface area contributed by atoms with Gasteiger partial charge in [0.15, 0.2) is 0 Å². The van der Waals surface area contributed by atoms with E-state index >= 15 is 0 Å². The molecule has 1 amide bonds. The Morgan fingerprint density at radius 1 is 0.800 bits per heavy atom. The second-order valence-corrected chi connectivity index (χ2v) is 6.78. The molecule has 30 heavy (non-hydrogen) atoms. The zero-order valence-corrected chi connectivity index (χ0v) is 16.6. The highest BCUT2D eigenvalue weighted by Gasteiger charge is 2.40. The van der Waals surface area contributed by atoms with Crippen LogP contribution in [0, 0.1) is 0 Å². The van der Waals surface area contributed by atoms with E-state index in [1.54, 1.807) is 11.8 Å². The molecule has 0 aromatic heterocycles. The maximum Gasteiger partial charge on any atom is 0.355 e. The van der Waals surface area contributed by atoms with Gasteiger partial charge >= 0.3 is 5.97 Å². The summed E-state index contributed by atoms with van der Waals surface area (Å²) >= 11 is 0. The first-order valence-corrected chi connectivity index (χ1v) is 9.87. The van der Waals surface area contributed by atoms with Crippen molar-refractivity contribution in [3.05, 3.63) is 108 Å². The van der Waals surface area contributed by atoms with E-state index in [0.29, 0.717) is 0 Å². The van der Waals surface area contributed by atoms with Gasteiger partial charge in [0.2, 0.25) is 0 Å². The van der Waals surface area contributed by atoms with Crippen molar-refractivity contribution in [2.24, 2.45) is 0 Å². The quantitative estimate of drug-likeness (QED) is 0.585. The van der Waals surface area contributed by atoms with Crippen LogP contribution in [0.2, 0.25) is 0 Å². The van der Waals surface area contributed by atoms with Crippen molar-refractivity contribution in [1.82, 2.24) is 0 Å². The Morgan fingerprint density at radius 2 is 1.30 bits per heavy atom. The second kappa shape index (κ2) is 8.66. The van der Waals surface area contributed by atoms with Gasteiger partial charge in [0.25, 0.3) is 5.91 Å². The number of benzene rings is 3. The first kappa shape index (κ1) is 19.5. The largest absolute Gasteiger partial charge is 0.461 e. The number of esters is 1. The fourth-order valence-electron chi connectivity index (χ4n) is 3.64. The normalized spacial score (nSPS) is 16.2. The summed E-state index contributed by atoms with van der Waals surface area (Å²) in [7, 11) is 0. The fourth-order valence-corrected chi connectivity index (χ4v) is 3.64. The molecule has 0 saturated heterocycles. The predicted molar refractivity (Wildman–Crippen MR) is 117 cm³/mol. The molecule has 5 heteroatoms. The van der Waals surface area contributed by atoms with Crippen LogP contribution in [0.5, 0.6) is 0 Å². The zero-order chi connectivity index (χ0) is 20.9. The maximum atomic E-state index is 13.3. The average Bonchev–Trinajstić information content (AvgIpc) is 2.80. The van der Waals surface area contributed by atoms with Gasteiger partial charge in [-0.05, 0) is 36.8 Å². The van der Waals surface area contributed by atoms with Crippen LogP contribution in [-0.2, 0) is 14.3 Å². The van der Waals surface area contributed by atoms with Gasteiger partial charge in [-0.15, -0.1) is 0 Å². The van der Waals surface area contributed by atoms with Crippen molar-refractivity contribution in [1.29, 1.82) is 0 Å². The summed E-state index contributed by atoms with van der Waals surface area (Å²) in [6.07, 6.45) is 0.810. The number of hydrogen-bond donors (Lipinski definition) is 0. The van der Waals surface area contributed by atoms with Gasteiger partial charge in [-0.3, -0.25) is 9.69 Å². The summed E-state index contributed by atoms with van der Waals surface area (Å²) in [5.74, 6) is -0.798. The number of ether oxygens (including phenoxy) is 1. The minimum atomic E-state index is -0.548. The van der Waals surface area contributed by atoms with Crippen LogP contribution < -0.4 is 9.80 Å². The van der Waals surface area contributed by atoms with E-state index in [1.807, 2.05) is 95.9 Å². The van der Waals surface area contributed by atoms with Crippen LogP contribution in [0.25, 0.3) is 0 Å². The van der Waals surface area contributed by atoms with Gasteiger partial charge in [-0.2, -0.15) is 0 Å². The summed E-state index contributed by atoms with van der Waals surface area (Å²) in [6.45, 7) is 1.98. The van der Waals surface area contributed by atoms with Crippen LogP contribution in [0.15, 0.2) is 103 Å². The number of hydrogen-bond acceptors (Lipinski definition) is 4. The summed E-state index contributed by atoms with van der Waals surface area (Å²) < 4.78 is 5.29. The molecule has 3 aromatic carbocycles. The summed E-state index contributed by atoms with van der Waals surface area (Å²) in [4.78, 5) is 29.7. The van der Waals surface area contributed by atoms with Crippen molar-refractivity contribution in [2.45, 2.75) is 13.1 Å². The van der Waals surface area contributed by atoms with E-state index in [9.17, 15) is 9.59 Å². The SMILES string of the molecule is CCOC(=O)C1=CC(=O)N(c2ccccc2)C(c2ccccc2)N1c1ccccc1. The minimum Gasteiger partial charge on any atom is -0.461 e. The molecular formula is C25H22N2O3. The van der Waals surface area contributed by atoms with Crippen molar-refractivity contribution in [3.8, 4) is 0 Å². The lowest BCUT2D eigenvalue weighted by Crippen LogP contribution is -2.50. The molecule has 0 fully saturated rings. The number of rotatable bonds is 5. The van der Waals surface area contributed by atoms with Crippen LogP contribution in [0.4, 0.5) is 11.4 Å². The van der Waals surface area contributed by atoms with E-state index in [1.165, 1.54) is 6.08 Å². The highest BCUT2D eigenvalue weighted by Crippen LogP contribution is 2.39. The summed E-state index contributed by atoms with van der Waals surface area (Å²) in [5.41, 5.74) is 2.64. The van der Waals surface area contributed by atoms with Gasteiger partial charge in [0, 0.05) is 17.5 Å². The number of carbonyl (C=O) groups is 2. The van der Waals surface area contributed by atoms with Gasteiger partial charge in [-0.25, -0.2) is 4.79 Å². The van der Waals surface area contributed by atoms with Crippen LogP contribution in [0.3, 0.4) is 0 Å². The molecule has 4 rings (SSSR count). The molecule has 1 unspecified atom stereocenters. The first-order chi connectivity index (χ1) is 14.7. The van der Waals surface area contributed by atoms with Crippen molar-refractivity contribution in [3.63, 3.8) is 0 Å². The van der Waals surface area contributed by atoms with E-state index < -0.39 is 12.1 Å². The molecule has 0 radical (unpaired) electrons. The number of carbonyl (C=O) groups excluding carboxylic acids is 2. The van der Waals surface area contributed by atoms with Gasteiger partial charge in [-0.1, -0.05) is 66.7 Å². The third kappa shape index (κ3) is 3.70. The second-order valence-electron chi connectivity index (χ2n) is 6.78. The van der Waals surface area contributed by atoms with E-state index in [0.717, 1.165) is 16.9 Å². The molecule has 0 aliphatic carbocycles. The molecule has 150 valence electrons. The highest BCUT2D eigenvalue weighted by atomic mass is 16.5. The van der Waals surface area contributed by atoms with Crippen molar-refractivity contribution in [2.75, 3.05) is 16.4 Å². The third-order valence-electron chi connectivity index (χ3n) is 4.90. The fraction of sp³-hybridized carbons (Fsp3) is 0.120. The zero-order valence-electron chi connectivity index (χ0n) is 16.6. The van der Waals surface area contributed by atoms with Crippen LogP contribution in [0.1, 0.15) is 18.7 Å². The van der Waals surface area contributed by atoms with Crippen LogP contribution in [-0.4, -0.2) is 18.5 Å². The molecule has 1 aliphatic rings. The standard InChI is InChI=1S/C25H22N2O3/c1-2-30-25(29)22-18-23(28)27(21-16-10-5-11-17-21)24(19-12-6-3-7-13-19)26(22)20-14-8-4-9-15-20/h3-18,24H,2H2,1H3. The molecule has 0 spiro atoms. The topological polar surface area (TPSA) is 49.9 Å². The lowest BCUT2D eigenvalue weighted by Gasteiger charge is -2.44. The number of anilines is 2. The number of amides is 1.